The van der Waals surface area contributed by atoms with Crippen molar-refractivity contribution in [3.05, 3.63) is 29.6 Å². The zero-order chi connectivity index (χ0) is 37.4. The predicted octanol–water partition coefficient (Wildman–Crippen LogP) is 9.18. The first-order valence-corrected chi connectivity index (χ1v) is 20.0. The second-order valence-corrected chi connectivity index (χ2v) is 20.3. The highest BCUT2D eigenvalue weighted by molar-refractivity contribution is 5.77. The van der Waals surface area contributed by atoms with Crippen molar-refractivity contribution in [3.8, 4) is 0 Å². The SMILES string of the molecule is C=C(C)C1CC[C@]2(CC(=O)NCc3cc(C)n[nH]3)CC[C@]3(C)[C@H](CC[C@@H]4[C@@]5(C)CC[C@H](OC(=O)CC(C)(C)CC(=O)O)C(C)(C)[C@@H]5CC[C@]43C)[C@@H]12. The summed E-state index contributed by atoms with van der Waals surface area (Å²) < 4.78 is 6.28. The number of hydrogen-bond donors (Lipinski definition) is 3. The van der Waals surface area contributed by atoms with Crippen molar-refractivity contribution >= 4 is 17.8 Å². The largest absolute Gasteiger partial charge is 0.481 e. The first-order chi connectivity index (χ1) is 23.7. The van der Waals surface area contributed by atoms with Crippen molar-refractivity contribution in [1.82, 2.24) is 15.5 Å². The molecular weight excluding hydrogens is 638 g/mol. The average Bonchev–Trinajstić information content (AvgIpc) is 3.60. The molecule has 10 atom stereocenters. The van der Waals surface area contributed by atoms with Gasteiger partial charge in [0.05, 0.1) is 30.8 Å². The standard InChI is InChI=1S/C43H67N3O5/c1-26(2)29-13-18-43(22-34(47)44-25-28-21-27(3)45-46-28)20-19-41(9)30(37(29)43)11-12-32-40(8)16-15-33(39(6,7)31(40)14-17-42(32,41)10)51-36(50)24-38(4,5)23-35(48)49/h21,29-33,37H,1,11-20,22-25H2,2-10H3,(H,44,47)(H,45,46)(H,48,49)/t29?,30-,31+,32-,33+,37-,40+,41-,42-,43-/m1/s1. The molecule has 284 valence electrons. The van der Waals surface area contributed by atoms with Gasteiger partial charge < -0.3 is 15.2 Å². The Kier molecular flexibility index (Phi) is 9.74. The summed E-state index contributed by atoms with van der Waals surface area (Å²) in [5.41, 5.74) is 2.92. The minimum atomic E-state index is -0.885. The molecule has 1 unspecified atom stereocenters. The Labute approximate surface area is 307 Å². The Balaban J connectivity index is 1.21. The van der Waals surface area contributed by atoms with Crippen LogP contribution >= 0.6 is 0 Å². The van der Waals surface area contributed by atoms with Crippen LogP contribution in [0.2, 0.25) is 0 Å². The first-order valence-electron chi connectivity index (χ1n) is 20.0. The van der Waals surface area contributed by atoms with Crippen LogP contribution in [0, 0.1) is 69.0 Å². The van der Waals surface area contributed by atoms with Gasteiger partial charge in [-0.2, -0.15) is 5.10 Å². The number of nitrogens with one attached hydrogen (secondary N) is 2. The number of allylic oxidation sites excluding steroid dienone is 1. The number of carboxylic acid groups (broad SMARTS) is 1. The molecule has 1 amide bonds. The molecule has 1 heterocycles. The van der Waals surface area contributed by atoms with Gasteiger partial charge in [-0.25, -0.2) is 0 Å². The van der Waals surface area contributed by atoms with Crippen molar-refractivity contribution in [2.45, 2.75) is 158 Å². The van der Waals surface area contributed by atoms with E-state index >= 15 is 0 Å². The summed E-state index contributed by atoms with van der Waals surface area (Å²) in [7, 11) is 0. The van der Waals surface area contributed by atoms with Crippen molar-refractivity contribution in [2.75, 3.05) is 0 Å². The van der Waals surface area contributed by atoms with E-state index in [1.807, 2.05) is 26.8 Å². The van der Waals surface area contributed by atoms with E-state index in [2.05, 4.69) is 63.6 Å². The number of aryl methyl sites for hydroxylation is 1. The summed E-state index contributed by atoms with van der Waals surface area (Å²) in [6.45, 7) is 25.4. The fraction of sp³-hybridized carbons (Fsp3) is 0.814. The lowest BCUT2D eigenvalue weighted by Gasteiger charge is -2.73. The lowest BCUT2D eigenvalue weighted by molar-refractivity contribution is -0.250. The van der Waals surface area contributed by atoms with Crippen molar-refractivity contribution in [3.63, 3.8) is 0 Å². The molecule has 1 aromatic rings. The van der Waals surface area contributed by atoms with Crippen LogP contribution in [0.1, 0.15) is 150 Å². The molecule has 1 aromatic heterocycles. The maximum Gasteiger partial charge on any atom is 0.306 e. The van der Waals surface area contributed by atoms with E-state index in [9.17, 15) is 19.5 Å². The summed E-state index contributed by atoms with van der Waals surface area (Å²) in [5, 5.41) is 19.8. The number of H-pyrrole nitrogens is 1. The van der Waals surface area contributed by atoms with Crippen molar-refractivity contribution in [2.24, 2.45) is 62.1 Å². The Morgan fingerprint density at radius 3 is 2.33 bits per heavy atom. The smallest absolute Gasteiger partial charge is 0.306 e. The minimum absolute atomic E-state index is 0.0229. The molecule has 51 heavy (non-hydrogen) atoms. The van der Waals surface area contributed by atoms with E-state index in [1.165, 1.54) is 31.3 Å². The van der Waals surface area contributed by atoms with Crippen LogP contribution in [-0.4, -0.2) is 39.3 Å². The molecule has 0 aromatic carbocycles. The van der Waals surface area contributed by atoms with Crippen molar-refractivity contribution < 1.29 is 24.2 Å². The fourth-order valence-electron chi connectivity index (χ4n) is 14.0. The van der Waals surface area contributed by atoms with Crippen LogP contribution in [0.5, 0.6) is 0 Å². The van der Waals surface area contributed by atoms with E-state index in [1.54, 1.807) is 0 Å². The summed E-state index contributed by atoms with van der Waals surface area (Å²) >= 11 is 0. The molecule has 8 nitrogen and oxygen atoms in total. The first kappa shape index (κ1) is 38.1. The van der Waals surface area contributed by atoms with E-state index in [0.717, 1.165) is 49.9 Å². The molecule has 6 rings (SSSR count). The molecule has 5 fully saturated rings. The summed E-state index contributed by atoms with van der Waals surface area (Å²) in [5.74, 6) is 1.56. The van der Waals surface area contributed by atoms with Crippen LogP contribution in [-0.2, 0) is 25.7 Å². The molecule has 0 spiro atoms. The number of fused-ring (bicyclic) bond motifs is 7. The minimum Gasteiger partial charge on any atom is -0.481 e. The fourth-order valence-corrected chi connectivity index (χ4v) is 14.0. The highest BCUT2D eigenvalue weighted by atomic mass is 16.5. The maximum atomic E-state index is 13.7. The van der Waals surface area contributed by atoms with Gasteiger partial charge in [0.2, 0.25) is 5.91 Å². The summed E-state index contributed by atoms with van der Waals surface area (Å²) in [4.78, 5) is 38.3. The average molecular weight is 706 g/mol. The molecule has 5 saturated carbocycles. The summed E-state index contributed by atoms with van der Waals surface area (Å²) in [6.07, 6.45) is 11.7. The number of aromatic amines is 1. The van der Waals surface area contributed by atoms with E-state index in [4.69, 9.17) is 4.74 Å². The number of aromatic nitrogens is 2. The van der Waals surface area contributed by atoms with E-state index < -0.39 is 11.4 Å². The maximum absolute atomic E-state index is 13.7. The molecule has 3 N–H and O–H groups in total. The number of aliphatic carboxylic acids is 1. The van der Waals surface area contributed by atoms with E-state index in [-0.39, 0.29) is 57.9 Å². The predicted molar refractivity (Wildman–Crippen MR) is 199 cm³/mol. The van der Waals surface area contributed by atoms with Gasteiger partial charge in [0.15, 0.2) is 0 Å². The quantitative estimate of drug-likeness (QED) is 0.165. The van der Waals surface area contributed by atoms with Gasteiger partial charge in [0.1, 0.15) is 6.10 Å². The van der Waals surface area contributed by atoms with Gasteiger partial charge in [-0.3, -0.25) is 19.5 Å². The zero-order valence-corrected chi connectivity index (χ0v) is 33.2. The Morgan fingerprint density at radius 1 is 0.961 bits per heavy atom. The Morgan fingerprint density at radius 2 is 1.69 bits per heavy atom. The number of rotatable bonds is 10. The molecule has 5 aliphatic carbocycles. The molecule has 0 saturated heterocycles. The number of carbonyl (C=O) groups excluding carboxylic acids is 2. The zero-order valence-electron chi connectivity index (χ0n) is 33.2. The number of carboxylic acids is 1. The Bertz CT molecular complexity index is 1550. The number of hydrogen-bond acceptors (Lipinski definition) is 5. The summed E-state index contributed by atoms with van der Waals surface area (Å²) in [6, 6.07) is 2.00. The van der Waals surface area contributed by atoms with Gasteiger partial charge in [0.25, 0.3) is 0 Å². The second-order valence-electron chi connectivity index (χ2n) is 20.3. The van der Waals surface area contributed by atoms with Crippen LogP contribution < -0.4 is 5.32 Å². The third kappa shape index (κ3) is 6.40. The molecule has 5 aliphatic rings. The van der Waals surface area contributed by atoms with Gasteiger partial charge in [-0.1, -0.05) is 60.6 Å². The van der Waals surface area contributed by atoms with Gasteiger partial charge in [-0.05, 0) is 141 Å². The lowest BCUT2D eigenvalue weighted by atomic mass is 9.32. The van der Waals surface area contributed by atoms with Crippen LogP contribution in [0.15, 0.2) is 18.2 Å². The third-order valence-corrected chi connectivity index (χ3v) is 16.5. The van der Waals surface area contributed by atoms with Crippen molar-refractivity contribution in [1.29, 1.82) is 0 Å². The van der Waals surface area contributed by atoms with Crippen LogP contribution in [0.3, 0.4) is 0 Å². The number of ether oxygens (including phenoxy) is 1. The molecule has 0 bridgehead atoms. The number of carbonyl (C=O) groups is 3. The van der Waals surface area contributed by atoms with Crippen LogP contribution in [0.25, 0.3) is 0 Å². The number of esters is 1. The molecular formula is C43H67N3O5. The highest BCUT2D eigenvalue weighted by Crippen LogP contribution is 2.78. The third-order valence-electron chi connectivity index (χ3n) is 16.5. The van der Waals surface area contributed by atoms with Gasteiger partial charge >= 0.3 is 11.9 Å². The molecule has 8 heteroatoms. The second kappa shape index (κ2) is 13.0. The number of nitrogens with zero attached hydrogens (tertiary/aromatic N) is 1. The Hall–Kier alpha value is -2.64. The monoisotopic (exact) mass is 706 g/mol. The van der Waals surface area contributed by atoms with Crippen LogP contribution in [0.4, 0.5) is 0 Å². The van der Waals surface area contributed by atoms with Gasteiger partial charge in [0, 0.05) is 11.8 Å². The highest BCUT2D eigenvalue weighted by Gasteiger charge is 2.71. The normalized spacial score (nSPS) is 39.9. The molecule has 0 radical (unpaired) electrons. The van der Waals surface area contributed by atoms with Gasteiger partial charge in [-0.15, -0.1) is 0 Å². The van der Waals surface area contributed by atoms with E-state index in [0.29, 0.717) is 42.6 Å². The number of amides is 1. The molecule has 0 aliphatic heterocycles. The lowest BCUT2D eigenvalue weighted by Crippen LogP contribution is -2.67. The topological polar surface area (TPSA) is 121 Å².